The first-order valence-corrected chi connectivity index (χ1v) is 9.63. The van der Waals surface area contributed by atoms with Gasteiger partial charge in [-0.3, -0.25) is 9.59 Å². The molecule has 4 rings (SSSR count). The van der Waals surface area contributed by atoms with Crippen molar-refractivity contribution in [3.05, 3.63) is 66.1 Å². The number of rotatable bonds is 6. The van der Waals surface area contributed by atoms with Crippen molar-refractivity contribution < 1.29 is 14.1 Å². The van der Waals surface area contributed by atoms with Crippen LogP contribution in [0, 0.1) is 12.8 Å². The third-order valence-electron chi connectivity index (χ3n) is 5.00. The second-order valence-electron chi connectivity index (χ2n) is 7.12. The molecule has 7 heteroatoms. The molecular weight excluding hydrogens is 368 g/mol. The summed E-state index contributed by atoms with van der Waals surface area (Å²) in [5.74, 6) is 0.465. The van der Waals surface area contributed by atoms with Crippen LogP contribution >= 0.6 is 0 Å². The number of amides is 2. The third-order valence-corrected chi connectivity index (χ3v) is 5.00. The smallest absolute Gasteiger partial charge is 0.227 e. The van der Waals surface area contributed by atoms with E-state index < -0.39 is 0 Å². The number of nitrogens with zero attached hydrogens (tertiary/aromatic N) is 3. The van der Waals surface area contributed by atoms with Crippen LogP contribution in [0.15, 0.2) is 59.1 Å². The molecule has 0 radical (unpaired) electrons. The van der Waals surface area contributed by atoms with E-state index in [4.69, 9.17) is 4.52 Å². The Morgan fingerprint density at radius 2 is 2.03 bits per heavy atom. The summed E-state index contributed by atoms with van der Waals surface area (Å²) >= 11 is 0. The summed E-state index contributed by atoms with van der Waals surface area (Å²) < 4.78 is 5.03. The van der Waals surface area contributed by atoms with Gasteiger partial charge in [0, 0.05) is 37.7 Å². The van der Waals surface area contributed by atoms with E-state index in [0.717, 1.165) is 17.7 Å². The van der Waals surface area contributed by atoms with Crippen molar-refractivity contribution in [2.75, 3.05) is 18.0 Å². The van der Waals surface area contributed by atoms with Gasteiger partial charge in [0.15, 0.2) is 0 Å². The van der Waals surface area contributed by atoms with E-state index >= 15 is 0 Å². The summed E-state index contributed by atoms with van der Waals surface area (Å²) in [5, 5.41) is 6.88. The van der Waals surface area contributed by atoms with Crippen molar-refractivity contribution in [2.24, 2.45) is 5.92 Å². The van der Waals surface area contributed by atoms with Crippen LogP contribution in [0.2, 0.25) is 0 Å². The molecule has 2 aromatic carbocycles. The van der Waals surface area contributed by atoms with Crippen molar-refractivity contribution in [2.45, 2.75) is 19.8 Å². The van der Waals surface area contributed by atoms with Crippen LogP contribution in [0.25, 0.3) is 11.4 Å². The zero-order chi connectivity index (χ0) is 20.2. The van der Waals surface area contributed by atoms with Crippen LogP contribution in [0.5, 0.6) is 0 Å². The maximum absolute atomic E-state index is 12.5. The van der Waals surface area contributed by atoms with Crippen LogP contribution in [0.4, 0.5) is 5.69 Å². The predicted molar refractivity (Wildman–Crippen MR) is 108 cm³/mol. The third kappa shape index (κ3) is 4.34. The first kappa shape index (κ1) is 18.9. The fourth-order valence-electron chi connectivity index (χ4n) is 3.48. The lowest BCUT2D eigenvalue weighted by atomic mass is 10.1. The molecular formula is C22H22N4O3. The molecule has 1 aromatic heterocycles. The highest BCUT2D eigenvalue weighted by atomic mass is 16.5. The van der Waals surface area contributed by atoms with Crippen molar-refractivity contribution in [3.63, 3.8) is 0 Å². The Morgan fingerprint density at radius 1 is 1.21 bits per heavy atom. The average molecular weight is 390 g/mol. The molecule has 0 spiro atoms. The fraction of sp³-hybridized carbons (Fsp3) is 0.273. The van der Waals surface area contributed by atoms with Gasteiger partial charge in [0.1, 0.15) is 0 Å². The molecule has 1 aliphatic heterocycles. The summed E-state index contributed by atoms with van der Waals surface area (Å²) in [6, 6.07) is 17.4. The minimum absolute atomic E-state index is 0.0605. The topological polar surface area (TPSA) is 88.3 Å². The highest BCUT2D eigenvalue weighted by Gasteiger charge is 2.35. The van der Waals surface area contributed by atoms with E-state index in [0.29, 0.717) is 24.8 Å². The summed E-state index contributed by atoms with van der Waals surface area (Å²) in [7, 11) is 0. The normalized spacial score (nSPS) is 16.2. The summed E-state index contributed by atoms with van der Waals surface area (Å²) in [6.07, 6.45) is 0.978. The quantitative estimate of drug-likeness (QED) is 0.699. The van der Waals surface area contributed by atoms with Crippen molar-refractivity contribution in [3.8, 4) is 11.4 Å². The number of aromatic nitrogens is 2. The SMILES string of the molecule is Cc1nc(-c2cccc(N3C[C@@H](C(=O)NCCc4ccccc4)CC3=O)c2)no1. The minimum atomic E-state index is -0.352. The van der Waals surface area contributed by atoms with Gasteiger partial charge in [0.25, 0.3) is 0 Å². The molecule has 1 aliphatic rings. The van der Waals surface area contributed by atoms with Crippen LogP contribution in [0.3, 0.4) is 0 Å². The second-order valence-corrected chi connectivity index (χ2v) is 7.12. The molecule has 1 fully saturated rings. The number of hydrogen-bond donors (Lipinski definition) is 1. The second kappa shape index (κ2) is 8.26. The zero-order valence-electron chi connectivity index (χ0n) is 16.2. The Kier molecular flexibility index (Phi) is 5.37. The van der Waals surface area contributed by atoms with Crippen molar-refractivity contribution >= 4 is 17.5 Å². The number of hydrogen-bond acceptors (Lipinski definition) is 5. The maximum atomic E-state index is 12.5. The van der Waals surface area contributed by atoms with E-state index in [1.807, 2.05) is 54.6 Å². The molecule has 7 nitrogen and oxygen atoms in total. The maximum Gasteiger partial charge on any atom is 0.227 e. The largest absolute Gasteiger partial charge is 0.355 e. The number of carbonyl (C=O) groups is 2. The number of anilines is 1. The molecule has 29 heavy (non-hydrogen) atoms. The van der Waals surface area contributed by atoms with Gasteiger partial charge in [0.05, 0.1) is 5.92 Å². The highest BCUT2D eigenvalue weighted by Crippen LogP contribution is 2.28. The van der Waals surface area contributed by atoms with Gasteiger partial charge < -0.3 is 14.7 Å². The monoisotopic (exact) mass is 390 g/mol. The minimum Gasteiger partial charge on any atom is -0.355 e. The predicted octanol–water partition coefficient (Wildman–Crippen LogP) is 2.76. The number of nitrogens with one attached hydrogen (secondary N) is 1. The number of carbonyl (C=O) groups excluding carboxylic acids is 2. The van der Waals surface area contributed by atoms with E-state index in [9.17, 15) is 9.59 Å². The van der Waals surface area contributed by atoms with Gasteiger partial charge in [0.2, 0.25) is 23.5 Å². The lowest BCUT2D eigenvalue weighted by Gasteiger charge is -2.17. The molecule has 1 atom stereocenters. The van der Waals surface area contributed by atoms with Gasteiger partial charge in [-0.25, -0.2) is 0 Å². The standard InChI is InChI=1S/C22H22N4O3/c1-15-24-21(25-29-15)17-8-5-9-19(12-17)26-14-18(13-20(26)27)22(28)23-11-10-16-6-3-2-4-7-16/h2-9,12,18H,10-11,13-14H2,1H3,(H,23,28)/t18-/m0/s1. The molecule has 1 saturated heterocycles. The van der Waals surface area contributed by atoms with Crippen LogP contribution in [-0.4, -0.2) is 35.0 Å². The molecule has 2 amide bonds. The van der Waals surface area contributed by atoms with Gasteiger partial charge in [-0.15, -0.1) is 0 Å². The lowest BCUT2D eigenvalue weighted by molar-refractivity contribution is -0.126. The van der Waals surface area contributed by atoms with Gasteiger partial charge in [-0.05, 0) is 24.1 Å². The molecule has 2 heterocycles. The van der Waals surface area contributed by atoms with E-state index in [2.05, 4.69) is 15.5 Å². The van der Waals surface area contributed by atoms with E-state index in [1.54, 1.807) is 11.8 Å². The molecule has 3 aromatic rings. The van der Waals surface area contributed by atoms with Crippen LogP contribution in [0.1, 0.15) is 17.9 Å². The van der Waals surface area contributed by atoms with Crippen LogP contribution < -0.4 is 10.2 Å². The fourth-order valence-corrected chi connectivity index (χ4v) is 3.48. The van der Waals surface area contributed by atoms with Gasteiger partial charge in [-0.1, -0.05) is 47.6 Å². The number of aryl methyl sites for hydroxylation is 1. The average Bonchev–Trinajstić information content (AvgIpc) is 3.35. The molecule has 1 N–H and O–H groups in total. The lowest BCUT2D eigenvalue weighted by Crippen LogP contribution is -2.34. The molecule has 0 aliphatic carbocycles. The van der Waals surface area contributed by atoms with Crippen molar-refractivity contribution in [1.29, 1.82) is 0 Å². The summed E-state index contributed by atoms with van der Waals surface area (Å²) in [4.78, 5) is 30.9. The van der Waals surface area contributed by atoms with Gasteiger partial charge >= 0.3 is 0 Å². The Hall–Kier alpha value is -3.48. The number of benzene rings is 2. The van der Waals surface area contributed by atoms with E-state index in [-0.39, 0.29) is 24.2 Å². The first-order valence-electron chi connectivity index (χ1n) is 9.63. The van der Waals surface area contributed by atoms with Gasteiger partial charge in [-0.2, -0.15) is 4.98 Å². The van der Waals surface area contributed by atoms with Crippen LogP contribution in [-0.2, 0) is 16.0 Å². The molecule has 148 valence electrons. The molecule has 0 bridgehead atoms. The summed E-state index contributed by atoms with van der Waals surface area (Å²) in [5.41, 5.74) is 2.67. The molecule has 0 saturated carbocycles. The Morgan fingerprint density at radius 3 is 2.79 bits per heavy atom. The van der Waals surface area contributed by atoms with E-state index in [1.165, 1.54) is 5.56 Å². The zero-order valence-corrected chi connectivity index (χ0v) is 16.2. The Labute approximate surface area is 168 Å². The highest BCUT2D eigenvalue weighted by molar-refractivity contribution is 6.00. The molecule has 0 unspecified atom stereocenters. The Bertz CT molecular complexity index is 1020. The first-order chi connectivity index (χ1) is 14.1. The summed E-state index contributed by atoms with van der Waals surface area (Å²) in [6.45, 7) is 2.65. The van der Waals surface area contributed by atoms with Crippen molar-refractivity contribution in [1.82, 2.24) is 15.5 Å². The Balaban J connectivity index is 1.38.